The molecule has 0 N–H and O–H groups in total. The van der Waals surface area contributed by atoms with Crippen molar-refractivity contribution in [1.82, 2.24) is 9.80 Å². The number of amides is 2. The van der Waals surface area contributed by atoms with Crippen molar-refractivity contribution < 1.29 is 18.8 Å². The molecule has 3 rings (SSSR count). The molecule has 148 valence electrons. The number of nitrogens with zero attached hydrogens (tertiary/aromatic N) is 2. The van der Waals surface area contributed by atoms with E-state index in [1.807, 2.05) is 0 Å². The summed E-state index contributed by atoms with van der Waals surface area (Å²) in [4.78, 5) is 40.8. The molecule has 1 saturated heterocycles. The molecule has 2 aromatic rings. The van der Waals surface area contributed by atoms with E-state index in [1.54, 1.807) is 21.9 Å². The first kappa shape index (κ1) is 20.8. The molecule has 1 aliphatic rings. The zero-order chi connectivity index (χ0) is 20.3. The Bertz CT molecular complexity index is 910. The summed E-state index contributed by atoms with van der Waals surface area (Å²) in [5.74, 6) is -1.02. The minimum atomic E-state index is -0.503. The van der Waals surface area contributed by atoms with Gasteiger partial charge in [-0.1, -0.05) is 23.2 Å². The van der Waals surface area contributed by atoms with E-state index < -0.39 is 5.82 Å². The summed E-state index contributed by atoms with van der Waals surface area (Å²) in [6.07, 6.45) is 0.242. The molecule has 5 nitrogen and oxygen atoms in total. The lowest BCUT2D eigenvalue weighted by molar-refractivity contribution is -0.132. The van der Waals surface area contributed by atoms with Crippen LogP contribution in [0.5, 0.6) is 0 Å². The van der Waals surface area contributed by atoms with Gasteiger partial charge in [-0.2, -0.15) is 0 Å². The van der Waals surface area contributed by atoms with Crippen LogP contribution in [0.4, 0.5) is 4.39 Å². The van der Waals surface area contributed by atoms with Gasteiger partial charge in [0, 0.05) is 39.0 Å². The fourth-order valence-electron chi connectivity index (χ4n) is 2.96. The topological polar surface area (TPSA) is 57.7 Å². The van der Waals surface area contributed by atoms with Gasteiger partial charge in [-0.05, 0) is 30.3 Å². The number of carbonyl (C=O) groups excluding carboxylic acids is 3. The van der Waals surface area contributed by atoms with Crippen molar-refractivity contribution in [2.45, 2.75) is 12.8 Å². The van der Waals surface area contributed by atoms with Crippen molar-refractivity contribution in [1.29, 1.82) is 0 Å². The lowest BCUT2D eigenvalue weighted by Gasteiger charge is -2.35. The van der Waals surface area contributed by atoms with Crippen molar-refractivity contribution in [3.8, 4) is 0 Å². The third kappa shape index (κ3) is 4.90. The van der Waals surface area contributed by atoms with Crippen LogP contribution in [0.25, 0.3) is 0 Å². The van der Waals surface area contributed by atoms with Gasteiger partial charge in [-0.25, -0.2) is 4.39 Å². The van der Waals surface area contributed by atoms with Crippen molar-refractivity contribution in [2.24, 2.45) is 0 Å². The van der Waals surface area contributed by atoms with Crippen LogP contribution in [0.2, 0.25) is 9.36 Å². The Morgan fingerprint density at radius 2 is 1.64 bits per heavy atom. The van der Waals surface area contributed by atoms with Crippen LogP contribution in [0, 0.1) is 5.82 Å². The maximum absolute atomic E-state index is 13.1. The molecule has 0 radical (unpaired) electrons. The van der Waals surface area contributed by atoms with E-state index in [2.05, 4.69) is 0 Å². The number of hydrogen-bond acceptors (Lipinski definition) is 4. The lowest BCUT2D eigenvalue weighted by atomic mass is 10.1. The van der Waals surface area contributed by atoms with E-state index in [0.29, 0.717) is 35.4 Å². The summed E-state index contributed by atoms with van der Waals surface area (Å²) >= 11 is 13.0. The monoisotopic (exact) mass is 442 g/mol. The zero-order valence-corrected chi connectivity index (χ0v) is 17.1. The molecule has 1 fully saturated rings. The Labute approximate surface area is 175 Å². The molecule has 0 bridgehead atoms. The first-order valence-electron chi connectivity index (χ1n) is 8.66. The molecule has 0 spiro atoms. The van der Waals surface area contributed by atoms with Crippen LogP contribution in [0.3, 0.4) is 0 Å². The maximum atomic E-state index is 13.1. The number of benzene rings is 1. The summed E-state index contributed by atoms with van der Waals surface area (Å²) in [7, 11) is 0. The number of Topliss-reactive ketones (excluding diaryl/α,β-unsaturated/α-hetero) is 1. The van der Waals surface area contributed by atoms with Gasteiger partial charge in [0.2, 0.25) is 5.91 Å². The van der Waals surface area contributed by atoms with Gasteiger partial charge in [0.15, 0.2) is 5.78 Å². The van der Waals surface area contributed by atoms with Crippen molar-refractivity contribution in [3.63, 3.8) is 0 Å². The number of carbonyl (C=O) groups is 3. The molecule has 1 aromatic carbocycles. The van der Waals surface area contributed by atoms with Gasteiger partial charge in [-0.3, -0.25) is 14.4 Å². The highest BCUT2D eigenvalue weighted by Gasteiger charge is 2.26. The molecule has 2 heterocycles. The molecule has 0 unspecified atom stereocenters. The van der Waals surface area contributed by atoms with Crippen LogP contribution in [-0.2, 0) is 4.79 Å². The third-order valence-electron chi connectivity index (χ3n) is 4.50. The molecule has 0 saturated carbocycles. The summed E-state index contributed by atoms with van der Waals surface area (Å²) < 4.78 is 13.7. The van der Waals surface area contributed by atoms with Crippen molar-refractivity contribution in [2.75, 3.05) is 26.2 Å². The van der Waals surface area contributed by atoms with E-state index in [-0.39, 0.29) is 41.0 Å². The van der Waals surface area contributed by atoms with Gasteiger partial charge in [0.25, 0.3) is 5.91 Å². The van der Waals surface area contributed by atoms with Gasteiger partial charge in [-0.15, -0.1) is 11.3 Å². The molecule has 9 heteroatoms. The molecular weight excluding hydrogens is 426 g/mol. The Balaban J connectivity index is 1.49. The van der Waals surface area contributed by atoms with Crippen LogP contribution in [0.1, 0.15) is 32.9 Å². The lowest BCUT2D eigenvalue weighted by Crippen LogP contribution is -2.50. The molecular formula is C19H17Cl2FN2O3S. The number of piperazine rings is 1. The number of hydrogen-bond donors (Lipinski definition) is 0. The minimum Gasteiger partial charge on any atom is -0.339 e. The smallest absolute Gasteiger partial charge is 0.255 e. The first-order valence-corrected chi connectivity index (χ1v) is 10.2. The highest BCUT2D eigenvalue weighted by atomic mass is 35.5. The van der Waals surface area contributed by atoms with Crippen molar-refractivity contribution >= 4 is 52.1 Å². The van der Waals surface area contributed by atoms with Crippen LogP contribution >= 0.6 is 34.5 Å². The average Bonchev–Trinajstić information content (AvgIpc) is 3.12. The summed E-state index contributed by atoms with van der Waals surface area (Å²) in [5, 5.41) is 0.0655. The number of halogens is 3. The standard InChI is InChI=1S/C19H17Cl2FN2O3S/c20-14-11-12(22)1-2-13(14)19(27)24-9-7-23(8-10-24)18(26)6-3-15(25)16-4-5-17(21)28-16/h1-2,4-5,11H,3,6-10H2. The van der Waals surface area contributed by atoms with Gasteiger partial charge < -0.3 is 9.80 Å². The fourth-order valence-corrected chi connectivity index (χ4v) is 4.22. The molecule has 2 amide bonds. The second-order valence-corrected chi connectivity index (χ2v) is 8.45. The molecule has 28 heavy (non-hydrogen) atoms. The normalized spacial score (nSPS) is 14.2. The third-order valence-corrected chi connectivity index (χ3v) is 6.08. The molecule has 0 aliphatic carbocycles. The van der Waals surface area contributed by atoms with Gasteiger partial charge in [0.1, 0.15) is 5.82 Å². The number of thiophene rings is 1. The summed E-state index contributed by atoms with van der Waals surface area (Å²) in [6, 6.07) is 6.97. The van der Waals surface area contributed by atoms with Gasteiger partial charge in [0.05, 0.1) is 19.8 Å². The SMILES string of the molecule is O=C(CCC(=O)N1CCN(C(=O)c2ccc(F)cc2Cl)CC1)c1ccc(Cl)s1. The predicted octanol–water partition coefficient (Wildman–Crippen LogP) is 4.14. The van der Waals surface area contributed by atoms with E-state index >= 15 is 0 Å². The number of rotatable bonds is 5. The summed E-state index contributed by atoms with van der Waals surface area (Å²) in [6.45, 7) is 1.46. The van der Waals surface area contributed by atoms with Crippen LogP contribution in [0.15, 0.2) is 30.3 Å². The van der Waals surface area contributed by atoms with E-state index in [9.17, 15) is 18.8 Å². The van der Waals surface area contributed by atoms with Gasteiger partial charge >= 0.3 is 0 Å². The largest absolute Gasteiger partial charge is 0.339 e. The van der Waals surface area contributed by atoms with E-state index in [1.165, 1.54) is 23.5 Å². The zero-order valence-electron chi connectivity index (χ0n) is 14.8. The van der Waals surface area contributed by atoms with Crippen molar-refractivity contribution in [3.05, 3.63) is 55.9 Å². The van der Waals surface area contributed by atoms with Crippen LogP contribution < -0.4 is 0 Å². The molecule has 1 aromatic heterocycles. The average molecular weight is 443 g/mol. The fraction of sp³-hybridized carbons (Fsp3) is 0.316. The Hall–Kier alpha value is -1.96. The highest BCUT2D eigenvalue weighted by Crippen LogP contribution is 2.23. The summed E-state index contributed by atoms with van der Waals surface area (Å²) in [5.41, 5.74) is 0.239. The quantitative estimate of drug-likeness (QED) is 0.653. The Morgan fingerprint density at radius 3 is 2.25 bits per heavy atom. The number of ketones is 1. The molecule has 0 atom stereocenters. The maximum Gasteiger partial charge on any atom is 0.255 e. The Kier molecular flexibility index (Phi) is 6.69. The minimum absolute atomic E-state index is 0.0655. The second kappa shape index (κ2) is 9.03. The second-order valence-electron chi connectivity index (χ2n) is 6.32. The van der Waals surface area contributed by atoms with Crippen LogP contribution in [-0.4, -0.2) is 53.6 Å². The van der Waals surface area contributed by atoms with E-state index in [4.69, 9.17) is 23.2 Å². The Morgan fingerprint density at radius 1 is 0.964 bits per heavy atom. The van der Waals surface area contributed by atoms with E-state index in [0.717, 1.165) is 6.07 Å². The molecule has 1 aliphatic heterocycles. The first-order chi connectivity index (χ1) is 13.3. The predicted molar refractivity (Wildman–Crippen MR) is 107 cm³/mol. The highest BCUT2D eigenvalue weighted by molar-refractivity contribution is 7.18.